The summed E-state index contributed by atoms with van der Waals surface area (Å²) < 4.78 is 5.22. The molecule has 1 amide bonds. The number of para-hydroxylation sites is 1. The van der Waals surface area contributed by atoms with Crippen LogP contribution in [-0.2, 0) is 0 Å². The summed E-state index contributed by atoms with van der Waals surface area (Å²) in [6, 6.07) is 11.3. The van der Waals surface area contributed by atoms with Gasteiger partial charge < -0.3 is 9.84 Å². The van der Waals surface area contributed by atoms with Gasteiger partial charge in [0.1, 0.15) is 11.4 Å². The minimum absolute atomic E-state index is 0.0776. The van der Waals surface area contributed by atoms with Gasteiger partial charge in [0, 0.05) is 11.6 Å². The predicted molar refractivity (Wildman–Crippen MR) is 76.7 cm³/mol. The SMILES string of the molecule is COc1ccccc1-c1ccc(NC(=O)O)c([N+](=O)[O-])c1. The van der Waals surface area contributed by atoms with Crippen molar-refractivity contribution in [2.75, 3.05) is 12.4 Å². The van der Waals surface area contributed by atoms with E-state index in [0.717, 1.165) is 0 Å². The van der Waals surface area contributed by atoms with Crippen molar-refractivity contribution < 1.29 is 19.6 Å². The smallest absolute Gasteiger partial charge is 0.409 e. The fourth-order valence-corrected chi connectivity index (χ4v) is 1.95. The highest BCUT2D eigenvalue weighted by Gasteiger charge is 2.18. The molecular weight excluding hydrogens is 276 g/mol. The van der Waals surface area contributed by atoms with Gasteiger partial charge in [0.25, 0.3) is 5.69 Å². The second-order valence-electron chi connectivity index (χ2n) is 4.12. The third-order valence-electron chi connectivity index (χ3n) is 2.85. The Morgan fingerprint density at radius 3 is 2.62 bits per heavy atom. The van der Waals surface area contributed by atoms with Gasteiger partial charge in [0.05, 0.1) is 12.0 Å². The summed E-state index contributed by atoms with van der Waals surface area (Å²) in [5, 5.41) is 21.8. The van der Waals surface area contributed by atoms with Crippen LogP contribution in [0.1, 0.15) is 0 Å². The standard InChI is InChI=1S/C14H12N2O5/c1-21-13-5-3-2-4-10(13)9-6-7-11(15-14(17)18)12(8-9)16(19)20/h2-8,15H,1H3,(H,17,18). The van der Waals surface area contributed by atoms with Crippen molar-refractivity contribution in [1.82, 2.24) is 0 Å². The maximum atomic E-state index is 11.1. The zero-order valence-corrected chi connectivity index (χ0v) is 11.1. The Bertz CT molecular complexity index is 700. The van der Waals surface area contributed by atoms with E-state index in [9.17, 15) is 14.9 Å². The maximum Gasteiger partial charge on any atom is 0.409 e. The number of amides is 1. The molecule has 2 aromatic carbocycles. The molecule has 0 bridgehead atoms. The summed E-state index contributed by atoms with van der Waals surface area (Å²) >= 11 is 0. The van der Waals surface area contributed by atoms with Crippen LogP contribution in [0.25, 0.3) is 11.1 Å². The fourth-order valence-electron chi connectivity index (χ4n) is 1.95. The molecule has 0 unspecified atom stereocenters. The highest BCUT2D eigenvalue weighted by molar-refractivity contribution is 5.88. The van der Waals surface area contributed by atoms with Crippen LogP contribution in [0.3, 0.4) is 0 Å². The lowest BCUT2D eigenvalue weighted by Crippen LogP contribution is -2.09. The van der Waals surface area contributed by atoms with E-state index >= 15 is 0 Å². The highest BCUT2D eigenvalue weighted by atomic mass is 16.6. The summed E-state index contributed by atoms with van der Waals surface area (Å²) in [5.41, 5.74) is 0.854. The lowest BCUT2D eigenvalue weighted by Gasteiger charge is -2.09. The number of nitrogens with zero attached hydrogens (tertiary/aromatic N) is 1. The third-order valence-corrected chi connectivity index (χ3v) is 2.85. The Morgan fingerprint density at radius 1 is 1.29 bits per heavy atom. The predicted octanol–water partition coefficient (Wildman–Crippen LogP) is 3.36. The molecule has 0 aliphatic heterocycles. The van der Waals surface area contributed by atoms with Gasteiger partial charge in [-0.2, -0.15) is 0 Å². The largest absolute Gasteiger partial charge is 0.496 e. The Morgan fingerprint density at radius 2 is 2.00 bits per heavy atom. The van der Waals surface area contributed by atoms with E-state index < -0.39 is 11.0 Å². The van der Waals surface area contributed by atoms with Gasteiger partial charge in [0.2, 0.25) is 0 Å². The summed E-state index contributed by atoms with van der Waals surface area (Å²) in [6.45, 7) is 0. The number of methoxy groups -OCH3 is 1. The number of anilines is 1. The van der Waals surface area contributed by atoms with Gasteiger partial charge in [-0.05, 0) is 17.7 Å². The van der Waals surface area contributed by atoms with E-state index in [4.69, 9.17) is 9.84 Å². The first kappa shape index (κ1) is 14.3. The number of ether oxygens (including phenoxy) is 1. The first-order chi connectivity index (χ1) is 10.0. The van der Waals surface area contributed by atoms with E-state index in [0.29, 0.717) is 16.9 Å². The Hall–Kier alpha value is -3.09. The number of carboxylic acid groups (broad SMARTS) is 1. The topological polar surface area (TPSA) is 102 Å². The molecule has 0 saturated carbocycles. The number of carbonyl (C=O) groups is 1. The van der Waals surface area contributed by atoms with Crippen LogP contribution in [0.4, 0.5) is 16.2 Å². The number of nitro benzene ring substituents is 1. The molecule has 0 heterocycles. The molecule has 0 radical (unpaired) electrons. The van der Waals surface area contributed by atoms with Gasteiger partial charge in [-0.1, -0.05) is 24.3 Å². The minimum Gasteiger partial charge on any atom is -0.496 e. The lowest BCUT2D eigenvalue weighted by atomic mass is 10.0. The average Bonchev–Trinajstić information content (AvgIpc) is 2.46. The molecule has 0 aromatic heterocycles. The van der Waals surface area contributed by atoms with Gasteiger partial charge in [-0.15, -0.1) is 0 Å². The van der Waals surface area contributed by atoms with Crippen molar-refractivity contribution >= 4 is 17.5 Å². The zero-order valence-electron chi connectivity index (χ0n) is 11.1. The molecule has 7 heteroatoms. The second-order valence-corrected chi connectivity index (χ2v) is 4.12. The van der Waals surface area contributed by atoms with E-state index in [1.807, 2.05) is 5.32 Å². The summed E-state index contributed by atoms with van der Waals surface area (Å²) in [7, 11) is 1.51. The van der Waals surface area contributed by atoms with Crippen molar-refractivity contribution in [2.24, 2.45) is 0 Å². The number of nitrogens with one attached hydrogen (secondary N) is 1. The van der Waals surface area contributed by atoms with Crippen molar-refractivity contribution in [3.63, 3.8) is 0 Å². The van der Waals surface area contributed by atoms with E-state index in [1.165, 1.54) is 19.2 Å². The number of hydrogen-bond acceptors (Lipinski definition) is 4. The number of nitro groups is 1. The molecule has 0 atom stereocenters. The molecule has 2 N–H and O–H groups in total. The fraction of sp³-hybridized carbons (Fsp3) is 0.0714. The normalized spacial score (nSPS) is 9.95. The quantitative estimate of drug-likeness (QED) is 0.663. The van der Waals surface area contributed by atoms with E-state index in [2.05, 4.69) is 0 Å². The molecule has 0 aliphatic rings. The average molecular weight is 288 g/mol. The first-order valence-electron chi connectivity index (χ1n) is 5.94. The molecule has 0 fully saturated rings. The second kappa shape index (κ2) is 5.91. The first-order valence-corrected chi connectivity index (χ1v) is 5.94. The van der Waals surface area contributed by atoms with Crippen LogP contribution in [0.5, 0.6) is 5.75 Å². The van der Waals surface area contributed by atoms with Gasteiger partial charge >= 0.3 is 6.09 Å². The molecule has 0 aliphatic carbocycles. The molecule has 0 spiro atoms. The van der Waals surface area contributed by atoms with Gasteiger partial charge in [-0.25, -0.2) is 4.79 Å². The summed E-state index contributed by atoms with van der Waals surface area (Å²) in [6.07, 6.45) is -1.36. The van der Waals surface area contributed by atoms with Gasteiger partial charge in [0.15, 0.2) is 0 Å². The summed E-state index contributed by atoms with van der Waals surface area (Å²) in [4.78, 5) is 21.1. The van der Waals surface area contributed by atoms with Crippen LogP contribution in [0.2, 0.25) is 0 Å². The lowest BCUT2D eigenvalue weighted by molar-refractivity contribution is -0.383. The molecule has 21 heavy (non-hydrogen) atoms. The van der Waals surface area contributed by atoms with Gasteiger partial charge in [-0.3, -0.25) is 15.4 Å². The Balaban J connectivity index is 2.54. The van der Waals surface area contributed by atoms with Crippen molar-refractivity contribution in [3.8, 4) is 16.9 Å². The molecule has 7 nitrogen and oxygen atoms in total. The van der Waals surface area contributed by atoms with Crippen LogP contribution in [-0.4, -0.2) is 23.2 Å². The monoisotopic (exact) mass is 288 g/mol. The molecule has 2 aromatic rings. The van der Waals surface area contributed by atoms with Crippen LogP contribution < -0.4 is 10.1 Å². The van der Waals surface area contributed by atoms with Crippen LogP contribution in [0.15, 0.2) is 42.5 Å². The highest BCUT2D eigenvalue weighted by Crippen LogP contribution is 2.34. The number of hydrogen-bond donors (Lipinski definition) is 2. The Kier molecular flexibility index (Phi) is 4.03. The minimum atomic E-state index is -1.36. The molecule has 2 rings (SSSR count). The molecule has 0 saturated heterocycles. The molecule has 108 valence electrons. The zero-order chi connectivity index (χ0) is 15.4. The van der Waals surface area contributed by atoms with Crippen molar-refractivity contribution in [2.45, 2.75) is 0 Å². The van der Waals surface area contributed by atoms with E-state index in [-0.39, 0.29) is 11.4 Å². The van der Waals surface area contributed by atoms with Crippen molar-refractivity contribution in [1.29, 1.82) is 0 Å². The maximum absolute atomic E-state index is 11.1. The molecular formula is C14H12N2O5. The summed E-state index contributed by atoms with van der Waals surface area (Å²) in [5.74, 6) is 0.575. The van der Waals surface area contributed by atoms with Crippen LogP contribution >= 0.6 is 0 Å². The number of benzene rings is 2. The van der Waals surface area contributed by atoms with Crippen LogP contribution in [0, 0.1) is 10.1 Å². The third kappa shape index (κ3) is 3.08. The number of rotatable bonds is 4. The van der Waals surface area contributed by atoms with E-state index in [1.54, 1.807) is 30.3 Å². The Labute approximate surface area is 119 Å². The van der Waals surface area contributed by atoms with Crippen molar-refractivity contribution in [3.05, 3.63) is 52.6 Å².